The molecule has 0 aliphatic carbocycles. The molecule has 0 N–H and O–H groups in total. The minimum absolute atomic E-state index is 0.0960. The summed E-state index contributed by atoms with van der Waals surface area (Å²) in [5.74, 6) is 0. The quantitative estimate of drug-likeness (QED) is 0.0376. The number of hydrogen-bond donors (Lipinski definition) is 0. The van der Waals surface area contributed by atoms with E-state index in [-0.39, 0.29) is 6.61 Å². The normalized spacial score (nSPS) is 18.2. The van der Waals surface area contributed by atoms with E-state index in [1.165, 1.54) is 57.8 Å². The van der Waals surface area contributed by atoms with Crippen LogP contribution in [0.2, 0.25) is 0 Å². The predicted octanol–water partition coefficient (Wildman–Crippen LogP) is 9.79. The van der Waals surface area contributed by atoms with E-state index in [9.17, 15) is 13.9 Å². The summed E-state index contributed by atoms with van der Waals surface area (Å²) in [4.78, 5) is 3.06. The van der Waals surface area contributed by atoms with Crippen LogP contribution in [-0.4, -0.2) is 33.3 Å². The average Bonchev–Trinajstić information content (AvgIpc) is 3.40. The van der Waals surface area contributed by atoms with Crippen molar-refractivity contribution in [1.82, 2.24) is 0 Å². The van der Waals surface area contributed by atoms with Crippen LogP contribution in [0.25, 0.3) is 10.4 Å². The van der Waals surface area contributed by atoms with Crippen LogP contribution in [0.5, 0.6) is 0 Å². The highest BCUT2D eigenvalue weighted by Gasteiger charge is 2.46. The molecule has 1 aliphatic rings. The molecule has 3 atom stereocenters. The number of unbranched alkanes of at least 4 members (excludes halogenated alkanes) is 11. The van der Waals surface area contributed by atoms with Gasteiger partial charge in [-0.1, -0.05) is 180 Å². The van der Waals surface area contributed by atoms with Gasteiger partial charge in [0.15, 0.2) is 0 Å². The second kappa shape index (κ2) is 18.8. The van der Waals surface area contributed by atoms with Gasteiger partial charge in [0.25, 0.3) is 0 Å². The van der Waals surface area contributed by atoms with Crippen molar-refractivity contribution in [1.29, 1.82) is 0 Å². The fraction of sp³-hybridized carbons (Fsp3) is 0.514. The molecule has 1 saturated heterocycles. The zero-order chi connectivity index (χ0) is 32.5. The summed E-state index contributed by atoms with van der Waals surface area (Å²) in [6, 6.07) is 28.6. The van der Waals surface area contributed by atoms with Crippen LogP contribution >= 0.6 is 0 Å². The van der Waals surface area contributed by atoms with Gasteiger partial charge in [-0.25, -0.2) is 8.37 Å². The molecule has 3 aromatic carbocycles. The number of azide groups is 1. The van der Waals surface area contributed by atoms with Crippen molar-refractivity contribution in [3.8, 4) is 0 Å². The van der Waals surface area contributed by atoms with Gasteiger partial charge < -0.3 is 4.74 Å². The molecule has 3 aromatic rings. The van der Waals surface area contributed by atoms with Crippen LogP contribution in [0.1, 0.15) is 107 Å². The van der Waals surface area contributed by atoms with Crippen molar-refractivity contribution >= 4 is 10.4 Å². The van der Waals surface area contributed by atoms with Gasteiger partial charge in [0, 0.05) is 4.91 Å². The fourth-order valence-corrected chi connectivity index (χ4v) is 7.46. The molecule has 1 fully saturated rings. The number of hydrogen-bond acceptors (Lipinski definition) is 6. The molecule has 1 heterocycles. The van der Waals surface area contributed by atoms with Crippen molar-refractivity contribution in [3.63, 3.8) is 0 Å². The summed E-state index contributed by atoms with van der Waals surface area (Å²) in [7, 11) is -4.22. The first-order chi connectivity index (χ1) is 22.5. The molecule has 0 saturated carbocycles. The Morgan fingerprint density at radius 3 is 1.59 bits per heavy atom. The molecule has 248 valence electrons. The SMILES string of the molecule is CCCCCCCCCCCCCC[C@H]1OS(=O)(=O)O[C@H]1[C@H](COC(c1ccccc1)(c1ccccc1)c1ccccc1)N=[N+]=[N-]. The zero-order valence-electron chi connectivity index (χ0n) is 27.1. The van der Waals surface area contributed by atoms with Crippen molar-refractivity contribution in [2.24, 2.45) is 5.11 Å². The monoisotopic (exact) mass is 647 g/mol. The first-order valence-corrected chi connectivity index (χ1v) is 18.3. The van der Waals surface area contributed by atoms with Crippen LogP contribution in [-0.2, 0) is 29.1 Å². The number of nitrogens with zero attached hydrogens (tertiary/aromatic N) is 3. The van der Waals surface area contributed by atoms with Crippen LogP contribution < -0.4 is 0 Å². The average molecular weight is 648 g/mol. The van der Waals surface area contributed by atoms with Gasteiger partial charge in [-0.3, -0.25) is 0 Å². The Bertz CT molecular complexity index is 1340. The molecule has 0 unspecified atom stereocenters. The first-order valence-electron chi connectivity index (χ1n) is 17.0. The van der Waals surface area contributed by atoms with E-state index < -0.39 is 34.2 Å². The van der Waals surface area contributed by atoms with Gasteiger partial charge in [-0.15, -0.1) is 0 Å². The Hall–Kier alpha value is -3.20. The maximum atomic E-state index is 12.5. The van der Waals surface area contributed by atoms with Crippen LogP contribution in [0.3, 0.4) is 0 Å². The number of benzene rings is 3. The molecule has 0 spiro atoms. The largest absolute Gasteiger partial charge is 0.400 e. The number of rotatable bonds is 21. The second-order valence-corrected chi connectivity index (χ2v) is 13.3. The van der Waals surface area contributed by atoms with E-state index in [2.05, 4.69) is 16.9 Å². The molecule has 9 heteroatoms. The third kappa shape index (κ3) is 10.1. The van der Waals surface area contributed by atoms with Crippen LogP contribution in [0.4, 0.5) is 0 Å². The lowest BCUT2D eigenvalue weighted by atomic mass is 9.80. The van der Waals surface area contributed by atoms with E-state index in [1.54, 1.807) is 0 Å². The maximum absolute atomic E-state index is 12.5. The lowest BCUT2D eigenvalue weighted by molar-refractivity contribution is -0.0164. The molecule has 8 nitrogen and oxygen atoms in total. The molecule has 1 aliphatic heterocycles. The first kappa shape index (κ1) is 35.7. The molecule has 0 bridgehead atoms. The Morgan fingerprint density at radius 1 is 0.717 bits per heavy atom. The predicted molar refractivity (Wildman–Crippen MR) is 182 cm³/mol. The van der Waals surface area contributed by atoms with E-state index in [4.69, 9.17) is 13.1 Å². The smallest absolute Gasteiger partial charge is 0.360 e. The van der Waals surface area contributed by atoms with Gasteiger partial charge in [-0.2, -0.15) is 8.42 Å². The van der Waals surface area contributed by atoms with Gasteiger partial charge in [0.2, 0.25) is 0 Å². The van der Waals surface area contributed by atoms with Crippen molar-refractivity contribution in [2.75, 3.05) is 6.61 Å². The van der Waals surface area contributed by atoms with Gasteiger partial charge in [-0.05, 0) is 28.6 Å². The van der Waals surface area contributed by atoms with E-state index >= 15 is 0 Å². The van der Waals surface area contributed by atoms with Gasteiger partial charge >= 0.3 is 10.4 Å². The Labute approximate surface area is 275 Å². The Morgan fingerprint density at radius 2 is 1.15 bits per heavy atom. The highest BCUT2D eigenvalue weighted by atomic mass is 32.3. The van der Waals surface area contributed by atoms with E-state index in [0.29, 0.717) is 6.42 Å². The van der Waals surface area contributed by atoms with Crippen LogP contribution in [0.15, 0.2) is 96.1 Å². The Balaban J connectivity index is 1.43. The highest BCUT2D eigenvalue weighted by molar-refractivity contribution is 7.82. The lowest BCUT2D eigenvalue weighted by Gasteiger charge is -2.37. The summed E-state index contributed by atoms with van der Waals surface area (Å²) in [6.45, 7) is 2.15. The van der Waals surface area contributed by atoms with Gasteiger partial charge in [0.05, 0.1) is 12.6 Å². The molecule has 0 aromatic heterocycles. The maximum Gasteiger partial charge on any atom is 0.400 e. The highest BCUT2D eigenvalue weighted by Crippen LogP contribution is 2.41. The lowest BCUT2D eigenvalue weighted by Crippen LogP contribution is -2.41. The molecule has 46 heavy (non-hydrogen) atoms. The van der Waals surface area contributed by atoms with E-state index in [1.807, 2.05) is 91.0 Å². The third-order valence-corrected chi connectivity index (χ3v) is 9.71. The Kier molecular flexibility index (Phi) is 14.6. The summed E-state index contributed by atoms with van der Waals surface area (Å²) >= 11 is 0. The fourth-order valence-electron chi connectivity index (χ4n) is 6.38. The number of ether oxygens (including phenoxy) is 1. The summed E-state index contributed by atoms with van der Waals surface area (Å²) < 4.78 is 42.7. The minimum atomic E-state index is -4.22. The van der Waals surface area contributed by atoms with Crippen molar-refractivity contribution < 1.29 is 21.5 Å². The molecular formula is C37H49N3O5S. The topological polar surface area (TPSA) is 111 Å². The molecule has 4 rings (SSSR count). The second-order valence-electron chi connectivity index (χ2n) is 12.1. The minimum Gasteiger partial charge on any atom is -0.360 e. The summed E-state index contributed by atoms with van der Waals surface area (Å²) in [6.07, 6.45) is 13.2. The van der Waals surface area contributed by atoms with E-state index in [0.717, 1.165) is 36.0 Å². The summed E-state index contributed by atoms with van der Waals surface area (Å²) in [5.41, 5.74) is 11.1. The third-order valence-electron chi connectivity index (χ3n) is 8.77. The molecular weight excluding hydrogens is 598 g/mol. The van der Waals surface area contributed by atoms with Crippen molar-refractivity contribution in [3.05, 3.63) is 118 Å². The summed E-state index contributed by atoms with van der Waals surface area (Å²) in [5, 5.41) is 4.00. The zero-order valence-corrected chi connectivity index (χ0v) is 27.9. The molecule has 0 amide bonds. The van der Waals surface area contributed by atoms with Gasteiger partial charge in [0.1, 0.15) is 17.8 Å². The standard InChI is InChI=1S/C37H49N3O5S/c1-2-3-4-5-6-7-8-9-10-11-12-22-29-35-36(45-46(41,42)44-35)34(39-40-38)30-43-37(31-23-16-13-17-24-31,32-25-18-14-19-26-32)33-27-20-15-21-28-33/h13-21,23-28,34-36H,2-12,22,29-30H2,1H3/t34-,35+,36-/m0/s1. The molecule has 0 radical (unpaired) electrons. The van der Waals surface area contributed by atoms with Crippen LogP contribution in [0, 0.1) is 0 Å². The van der Waals surface area contributed by atoms with Crippen molar-refractivity contribution in [2.45, 2.75) is 114 Å².